The van der Waals surface area contributed by atoms with E-state index < -0.39 is 0 Å². The van der Waals surface area contributed by atoms with Crippen LogP contribution in [0, 0.1) is 0 Å². The zero-order valence-corrected chi connectivity index (χ0v) is 15.9. The minimum atomic E-state index is -0.332. The summed E-state index contributed by atoms with van der Waals surface area (Å²) in [5.41, 5.74) is 0.464. The van der Waals surface area contributed by atoms with Gasteiger partial charge in [-0.15, -0.1) is 0 Å². The quantitative estimate of drug-likeness (QED) is 0.661. The summed E-state index contributed by atoms with van der Waals surface area (Å²) < 4.78 is 16.1. The zero-order valence-electron chi connectivity index (χ0n) is 15.1. The maximum atomic E-state index is 12.2. The van der Waals surface area contributed by atoms with Crippen LogP contribution in [0.1, 0.15) is 19.3 Å². The van der Waals surface area contributed by atoms with Crippen LogP contribution in [-0.4, -0.2) is 63.3 Å². The predicted molar refractivity (Wildman–Crippen MR) is 98.7 cm³/mol. The third-order valence-corrected chi connectivity index (χ3v) is 4.27. The van der Waals surface area contributed by atoms with E-state index in [1.807, 2.05) is 0 Å². The number of benzene rings is 1. The van der Waals surface area contributed by atoms with E-state index in [0.29, 0.717) is 29.7 Å². The highest BCUT2D eigenvalue weighted by Gasteiger charge is 2.17. The van der Waals surface area contributed by atoms with Crippen LogP contribution in [0.15, 0.2) is 18.2 Å². The molecule has 1 aromatic rings. The lowest BCUT2D eigenvalue weighted by atomic mass is 10.2. The number of hydrogen-bond donors (Lipinski definition) is 1. The molecular weight excluding hydrogens is 360 g/mol. The number of anilines is 1. The number of nitrogens with one attached hydrogen (secondary N) is 1. The summed E-state index contributed by atoms with van der Waals surface area (Å²) in [6.45, 7) is 1.53. The highest BCUT2D eigenvalue weighted by atomic mass is 35.5. The van der Waals surface area contributed by atoms with Crippen LogP contribution >= 0.6 is 11.6 Å². The molecule has 2 rings (SSSR count). The van der Waals surface area contributed by atoms with Gasteiger partial charge in [0.2, 0.25) is 11.8 Å². The normalized spacial score (nSPS) is 16.3. The summed E-state index contributed by atoms with van der Waals surface area (Å²) in [7, 11) is 3.09. The standard InChI is InChI=1S/C18H25ClN2O5/c1-21(18(23)7-9-25-12-14-4-3-8-26-14)11-17(22)20-15-10-13(19)5-6-16(15)24-2/h5-6,10,14H,3-4,7-9,11-12H2,1-2H3,(H,20,22). The molecule has 144 valence electrons. The molecule has 1 heterocycles. The van der Waals surface area contributed by atoms with Crippen LogP contribution in [0.2, 0.25) is 5.02 Å². The van der Waals surface area contributed by atoms with Gasteiger partial charge in [0.15, 0.2) is 0 Å². The monoisotopic (exact) mass is 384 g/mol. The number of ether oxygens (including phenoxy) is 3. The summed E-state index contributed by atoms with van der Waals surface area (Å²) in [4.78, 5) is 25.6. The molecule has 1 aromatic carbocycles. The summed E-state index contributed by atoms with van der Waals surface area (Å²) in [5.74, 6) is 0.00602. The Hall–Kier alpha value is -1.83. The predicted octanol–water partition coefficient (Wildman–Crippen LogP) is 2.33. The van der Waals surface area contributed by atoms with Crippen molar-refractivity contribution in [1.82, 2.24) is 4.90 Å². The lowest BCUT2D eigenvalue weighted by molar-refractivity contribution is -0.134. The molecule has 1 aliphatic rings. The Balaban J connectivity index is 1.71. The second-order valence-electron chi connectivity index (χ2n) is 6.10. The Morgan fingerprint density at radius 1 is 1.42 bits per heavy atom. The second kappa shape index (κ2) is 10.4. The first-order valence-electron chi connectivity index (χ1n) is 8.56. The van der Waals surface area contributed by atoms with Gasteiger partial charge < -0.3 is 24.4 Å². The number of halogens is 1. The molecule has 1 N–H and O–H groups in total. The number of nitrogens with zero attached hydrogens (tertiary/aromatic N) is 1. The number of hydrogen-bond acceptors (Lipinski definition) is 5. The van der Waals surface area contributed by atoms with E-state index in [9.17, 15) is 9.59 Å². The molecule has 0 aromatic heterocycles. The van der Waals surface area contributed by atoms with Gasteiger partial charge >= 0.3 is 0 Å². The van der Waals surface area contributed by atoms with Crippen LogP contribution in [0.25, 0.3) is 0 Å². The molecule has 0 radical (unpaired) electrons. The molecule has 1 atom stereocenters. The van der Waals surface area contributed by atoms with Gasteiger partial charge in [-0.05, 0) is 31.0 Å². The Bertz CT molecular complexity index is 620. The molecule has 1 saturated heterocycles. The first kappa shape index (κ1) is 20.5. The molecule has 2 amide bonds. The van der Waals surface area contributed by atoms with Crippen molar-refractivity contribution >= 4 is 29.1 Å². The molecule has 0 aliphatic carbocycles. The van der Waals surface area contributed by atoms with Crippen LogP contribution in [-0.2, 0) is 19.1 Å². The lowest BCUT2D eigenvalue weighted by Crippen LogP contribution is -2.35. The van der Waals surface area contributed by atoms with Gasteiger partial charge in [-0.1, -0.05) is 11.6 Å². The van der Waals surface area contributed by atoms with E-state index in [-0.39, 0.29) is 30.9 Å². The third-order valence-electron chi connectivity index (χ3n) is 4.03. The third kappa shape index (κ3) is 6.48. The number of methoxy groups -OCH3 is 1. The first-order valence-corrected chi connectivity index (χ1v) is 8.94. The SMILES string of the molecule is COc1ccc(Cl)cc1NC(=O)CN(C)C(=O)CCOCC1CCCO1. The van der Waals surface area contributed by atoms with Gasteiger partial charge in [0.1, 0.15) is 5.75 Å². The molecule has 8 heteroatoms. The minimum absolute atomic E-state index is 0.0692. The smallest absolute Gasteiger partial charge is 0.244 e. The van der Waals surface area contributed by atoms with Crippen molar-refractivity contribution in [3.05, 3.63) is 23.2 Å². The van der Waals surface area contributed by atoms with Gasteiger partial charge in [0, 0.05) is 18.7 Å². The van der Waals surface area contributed by atoms with Crippen LogP contribution in [0.3, 0.4) is 0 Å². The highest BCUT2D eigenvalue weighted by Crippen LogP contribution is 2.27. The van der Waals surface area contributed by atoms with Gasteiger partial charge in [-0.2, -0.15) is 0 Å². The van der Waals surface area contributed by atoms with E-state index >= 15 is 0 Å². The van der Waals surface area contributed by atoms with Crippen molar-refractivity contribution in [3.63, 3.8) is 0 Å². The fraction of sp³-hybridized carbons (Fsp3) is 0.556. The van der Waals surface area contributed by atoms with Crippen molar-refractivity contribution in [2.45, 2.75) is 25.4 Å². The van der Waals surface area contributed by atoms with E-state index in [1.165, 1.54) is 12.0 Å². The van der Waals surface area contributed by atoms with E-state index in [2.05, 4.69) is 5.32 Å². The van der Waals surface area contributed by atoms with Crippen LogP contribution in [0.5, 0.6) is 5.75 Å². The molecule has 26 heavy (non-hydrogen) atoms. The topological polar surface area (TPSA) is 77.1 Å². The van der Waals surface area contributed by atoms with Crippen molar-refractivity contribution in [3.8, 4) is 5.75 Å². The fourth-order valence-electron chi connectivity index (χ4n) is 2.61. The van der Waals surface area contributed by atoms with Crippen LogP contribution < -0.4 is 10.1 Å². The lowest BCUT2D eigenvalue weighted by Gasteiger charge is -2.18. The molecule has 1 fully saturated rings. The molecular formula is C18H25ClN2O5. The zero-order chi connectivity index (χ0) is 18.9. The van der Waals surface area contributed by atoms with Crippen molar-refractivity contribution in [2.75, 3.05) is 45.8 Å². The second-order valence-corrected chi connectivity index (χ2v) is 6.54. The Morgan fingerprint density at radius 3 is 2.92 bits per heavy atom. The number of likely N-dealkylation sites (N-methyl/N-ethyl adjacent to an activating group) is 1. The highest BCUT2D eigenvalue weighted by molar-refractivity contribution is 6.31. The van der Waals surface area contributed by atoms with Gasteiger partial charge in [-0.25, -0.2) is 0 Å². The van der Waals surface area contributed by atoms with E-state index in [1.54, 1.807) is 25.2 Å². The largest absolute Gasteiger partial charge is 0.495 e. The van der Waals surface area contributed by atoms with Gasteiger partial charge in [-0.3, -0.25) is 9.59 Å². The Labute approximate surface area is 158 Å². The molecule has 7 nitrogen and oxygen atoms in total. The van der Waals surface area contributed by atoms with Gasteiger partial charge in [0.05, 0.1) is 45.1 Å². The van der Waals surface area contributed by atoms with Crippen molar-refractivity contribution < 1.29 is 23.8 Å². The Kier molecular flexibility index (Phi) is 8.15. The number of carbonyl (C=O) groups is 2. The Morgan fingerprint density at radius 2 is 2.23 bits per heavy atom. The first-order chi connectivity index (χ1) is 12.5. The summed E-state index contributed by atoms with van der Waals surface area (Å²) in [5, 5.41) is 3.18. The summed E-state index contributed by atoms with van der Waals surface area (Å²) in [6, 6.07) is 4.93. The number of carbonyl (C=O) groups excluding carboxylic acids is 2. The molecule has 0 saturated carbocycles. The summed E-state index contributed by atoms with van der Waals surface area (Å²) in [6.07, 6.45) is 2.42. The maximum Gasteiger partial charge on any atom is 0.244 e. The summed E-state index contributed by atoms with van der Waals surface area (Å²) >= 11 is 5.94. The molecule has 1 unspecified atom stereocenters. The molecule has 0 spiro atoms. The molecule has 0 bridgehead atoms. The fourth-order valence-corrected chi connectivity index (χ4v) is 2.78. The number of amides is 2. The number of rotatable bonds is 9. The average Bonchev–Trinajstić information content (AvgIpc) is 3.12. The van der Waals surface area contributed by atoms with Crippen molar-refractivity contribution in [2.24, 2.45) is 0 Å². The minimum Gasteiger partial charge on any atom is -0.495 e. The average molecular weight is 385 g/mol. The maximum absolute atomic E-state index is 12.2. The van der Waals surface area contributed by atoms with Crippen LogP contribution in [0.4, 0.5) is 5.69 Å². The van der Waals surface area contributed by atoms with Gasteiger partial charge in [0.25, 0.3) is 0 Å². The van der Waals surface area contributed by atoms with E-state index in [0.717, 1.165) is 19.4 Å². The van der Waals surface area contributed by atoms with E-state index in [4.69, 9.17) is 25.8 Å². The van der Waals surface area contributed by atoms with Crippen molar-refractivity contribution in [1.29, 1.82) is 0 Å². The molecule has 1 aliphatic heterocycles.